The highest BCUT2D eigenvalue weighted by Gasteiger charge is 2.43. The van der Waals surface area contributed by atoms with Gasteiger partial charge in [-0.15, -0.1) is 0 Å². The number of hydrogen-bond acceptors (Lipinski definition) is 6. The third-order valence-corrected chi connectivity index (χ3v) is 4.28. The average Bonchev–Trinajstić information content (AvgIpc) is 2.88. The molecular formula is C17H20O6. The molecule has 0 aliphatic carbocycles. The van der Waals surface area contributed by atoms with Crippen molar-refractivity contribution in [3.63, 3.8) is 0 Å². The molecule has 2 aromatic rings. The Morgan fingerprint density at radius 2 is 1.74 bits per heavy atom. The van der Waals surface area contributed by atoms with Gasteiger partial charge in [0.1, 0.15) is 35.9 Å². The largest absolute Gasteiger partial charge is 0.496 e. The van der Waals surface area contributed by atoms with E-state index in [0.29, 0.717) is 17.1 Å². The molecule has 1 aliphatic heterocycles. The van der Waals surface area contributed by atoms with Crippen LogP contribution in [0.5, 0.6) is 11.5 Å². The van der Waals surface area contributed by atoms with E-state index in [2.05, 4.69) is 0 Å². The third kappa shape index (κ3) is 2.53. The summed E-state index contributed by atoms with van der Waals surface area (Å²) in [5.74, 6) is 1.29. The first-order valence-corrected chi connectivity index (χ1v) is 7.38. The van der Waals surface area contributed by atoms with Crippen molar-refractivity contribution in [2.45, 2.75) is 24.4 Å². The fourth-order valence-corrected chi connectivity index (χ4v) is 3.11. The summed E-state index contributed by atoms with van der Waals surface area (Å²) in [7, 11) is 3.15. The van der Waals surface area contributed by atoms with E-state index < -0.39 is 24.4 Å². The van der Waals surface area contributed by atoms with Gasteiger partial charge in [-0.05, 0) is 17.7 Å². The van der Waals surface area contributed by atoms with Gasteiger partial charge in [-0.3, -0.25) is 0 Å². The van der Waals surface area contributed by atoms with Gasteiger partial charge in [-0.2, -0.15) is 0 Å². The fraction of sp³-hybridized carbons (Fsp3) is 0.412. The maximum atomic E-state index is 10.3. The maximum Gasteiger partial charge on any atom is 0.127 e. The van der Waals surface area contributed by atoms with Crippen LogP contribution < -0.4 is 9.47 Å². The summed E-state index contributed by atoms with van der Waals surface area (Å²) in [6.45, 7) is -0.361. The molecule has 0 amide bonds. The van der Waals surface area contributed by atoms with Crippen LogP contribution in [0.1, 0.15) is 11.7 Å². The molecule has 6 heteroatoms. The van der Waals surface area contributed by atoms with Crippen LogP contribution in [-0.4, -0.2) is 54.5 Å². The molecule has 1 saturated heterocycles. The Morgan fingerprint density at radius 1 is 1.00 bits per heavy atom. The van der Waals surface area contributed by atoms with Crippen LogP contribution in [0.25, 0.3) is 10.8 Å². The molecule has 3 N–H and O–H groups in total. The quantitative estimate of drug-likeness (QED) is 0.779. The molecule has 3 rings (SSSR count). The number of ether oxygens (including phenoxy) is 3. The zero-order chi connectivity index (χ0) is 16.6. The third-order valence-electron chi connectivity index (χ3n) is 4.28. The Balaban J connectivity index is 2.18. The van der Waals surface area contributed by atoms with Crippen LogP contribution in [0.4, 0.5) is 0 Å². The first kappa shape index (κ1) is 16.0. The van der Waals surface area contributed by atoms with Crippen LogP contribution >= 0.6 is 0 Å². The van der Waals surface area contributed by atoms with E-state index >= 15 is 0 Å². The molecule has 1 heterocycles. The van der Waals surface area contributed by atoms with E-state index in [9.17, 15) is 15.3 Å². The van der Waals surface area contributed by atoms with Crippen molar-refractivity contribution in [1.82, 2.24) is 0 Å². The van der Waals surface area contributed by atoms with Gasteiger partial charge in [0.2, 0.25) is 0 Å². The monoisotopic (exact) mass is 320 g/mol. The van der Waals surface area contributed by atoms with Crippen molar-refractivity contribution >= 4 is 10.8 Å². The molecule has 6 nitrogen and oxygen atoms in total. The van der Waals surface area contributed by atoms with E-state index in [-0.39, 0.29) is 6.61 Å². The van der Waals surface area contributed by atoms with Crippen LogP contribution in [0.2, 0.25) is 0 Å². The van der Waals surface area contributed by atoms with E-state index in [1.165, 1.54) is 0 Å². The maximum absolute atomic E-state index is 10.3. The molecule has 4 atom stereocenters. The van der Waals surface area contributed by atoms with Gasteiger partial charge in [0.25, 0.3) is 0 Å². The van der Waals surface area contributed by atoms with E-state index in [4.69, 9.17) is 14.2 Å². The lowest BCUT2D eigenvalue weighted by Gasteiger charge is -2.20. The van der Waals surface area contributed by atoms with Crippen LogP contribution in [0.3, 0.4) is 0 Å². The van der Waals surface area contributed by atoms with Gasteiger partial charge in [-0.25, -0.2) is 0 Å². The minimum atomic E-state index is -1.14. The topological polar surface area (TPSA) is 88.4 Å². The summed E-state index contributed by atoms with van der Waals surface area (Å²) < 4.78 is 16.5. The Labute approximate surface area is 133 Å². The smallest absolute Gasteiger partial charge is 0.127 e. The molecule has 0 spiro atoms. The molecular weight excluding hydrogens is 300 g/mol. The molecule has 1 fully saturated rings. The Hall–Kier alpha value is -1.86. The number of benzene rings is 2. The van der Waals surface area contributed by atoms with Gasteiger partial charge in [0, 0.05) is 10.8 Å². The Kier molecular flexibility index (Phi) is 4.41. The standard InChI is InChI=1S/C17H20O6/c1-21-11-7-6-10(14-9(11)4-3-5-12(14)22-2)17-16(20)15(19)13(8-18)23-17/h3-7,13,15-20H,8H2,1-2H3/t13-,15-,16-,17+/m1/s1. The lowest BCUT2D eigenvalue weighted by Crippen LogP contribution is -2.32. The van der Waals surface area contributed by atoms with Crippen LogP contribution in [-0.2, 0) is 4.74 Å². The predicted octanol–water partition coefficient (Wildman–Crippen LogP) is 1.01. The predicted molar refractivity (Wildman–Crippen MR) is 83.8 cm³/mol. The van der Waals surface area contributed by atoms with Gasteiger partial charge >= 0.3 is 0 Å². The first-order chi connectivity index (χ1) is 11.1. The SMILES string of the molecule is COc1ccc([C@@H]2O[C@H](CO)[C@@H](O)[C@H]2O)c2c(OC)cccc12. The molecule has 23 heavy (non-hydrogen) atoms. The summed E-state index contributed by atoms with van der Waals surface area (Å²) >= 11 is 0. The van der Waals surface area contributed by atoms with Crippen molar-refractivity contribution in [2.75, 3.05) is 20.8 Å². The van der Waals surface area contributed by atoms with Gasteiger partial charge in [-0.1, -0.05) is 18.2 Å². The summed E-state index contributed by atoms with van der Waals surface area (Å²) in [5, 5.41) is 31.2. The summed E-state index contributed by atoms with van der Waals surface area (Å²) in [4.78, 5) is 0. The molecule has 2 aromatic carbocycles. The molecule has 0 unspecified atom stereocenters. The van der Waals surface area contributed by atoms with E-state index in [0.717, 1.165) is 10.8 Å². The molecule has 0 radical (unpaired) electrons. The van der Waals surface area contributed by atoms with Crippen LogP contribution in [0.15, 0.2) is 30.3 Å². The number of methoxy groups -OCH3 is 2. The van der Waals surface area contributed by atoms with Crippen LogP contribution in [0, 0.1) is 0 Å². The van der Waals surface area contributed by atoms with Gasteiger partial charge in [0.15, 0.2) is 0 Å². The van der Waals surface area contributed by atoms with Gasteiger partial charge in [0.05, 0.1) is 20.8 Å². The number of fused-ring (bicyclic) bond motifs is 1. The average molecular weight is 320 g/mol. The van der Waals surface area contributed by atoms with Crippen molar-refractivity contribution < 1.29 is 29.5 Å². The number of rotatable bonds is 4. The van der Waals surface area contributed by atoms with E-state index in [1.54, 1.807) is 26.4 Å². The highest BCUT2D eigenvalue weighted by molar-refractivity contribution is 5.96. The van der Waals surface area contributed by atoms with Crippen molar-refractivity contribution in [2.24, 2.45) is 0 Å². The van der Waals surface area contributed by atoms with E-state index in [1.807, 2.05) is 18.2 Å². The van der Waals surface area contributed by atoms with Gasteiger partial charge < -0.3 is 29.5 Å². The second-order valence-corrected chi connectivity index (χ2v) is 5.50. The number of aliphatic hydroxyl groups excluding tert-OH is 3. The minimum absolute atomic E-state index is 0.361. The molecule has 0 aromatic heterocycles. The number of aliphatic hydroxyl groups is 3. The normalized spacial score (nSPS) is 27.3. The zero-order valence-electron chi connectivity index (χ0n) is 13.0. The molecule has 124 valence electrons. The fourth-order valence-electron chi connectivity index (χ4n) is 3.11. The lowest BCUT2D eigenvalue weighted by molar-refractivity contribution is -0.0223. The minimum Gasteiger partial charge on any atom is -0.496 e. The van der Waals surface area contributed by atoms with Crippen molar-refractivity contribution in [3.05, 3.63) is 35.9 Å². The highest BCUT2D eigenvalue weighted by Crippen LogP contribution is 2.42. The first-order valence-electron chi connectivity index (χ1n) is 7.38. The summed E-state index contributed by atoms with van der Waals surface area (Å²) in [6, 6.07) is 9.12. The highest BCUT2D eigenvalue weighted by atomic mass is 16.6. The Bertz CT molecular complexity index is 701. The molecule has 0 saturated carbocycles. The second-order valence-electron chi connectivity index (χ2n) is 5.50. The summed E-state index contributed by atoms with van der Waals surface area (Å²) in [5.41, 5.74) is 0.681. The van der Waals surface area contributed by atoms with Crippen molar-refractivity contribution in [3.8, 4) is 11.5 Å². The second kappa shape index (κ2) is 6.33. The lowest BCUT2D eigenvalue weighted by atomic mass is 9.95. The summed E-state index contributed by atoms with van der Waals surface area (Å²) in [6.07, 6.45) is -3.85. The Morgan fingerprint density at radius 3 is 2.35 bits per heavy atom. The molecule has 0 bridgehead atoms. The van der Waals surface area contributed by atoms with Crippen molar-refractivity contribution in [1.29, 1.82) is 0 Å². The zero-order valence-corrected chi connectivity index (χ0v) is 13.0. The molecule has 1 aliphatic rings. The number of hydrogen-bond donors (Lipinski definition) is 3.